The number of aryl methyl sites for hydroxylation is 1. The fourth-order valence-electron chi connectivity index (χ4n) is 1.31. The van der Waals surface area contributed by atoms with Gasteiger partial charge in [-0.05, 0) is 30.5 Å². The Hall–Kier alpha value is -1.02. The van der Waals surface area contributed by atoms with E-state index in [1.165, 1.54) is 5.56 Å². The molecule has 0 saturated heterocycles. The molecule has 0 aliphatic rings. The smallest absolute Gasteiger partial charge is 0.122 e. The number of hydrogen-bond acceptors (Lipinski definition) is 2. The number of ether oxygens (including phenoxy) is 1. The molecule has 2 heteroatoms. The highest BCUT2D eigenvalue weighted by Crippen LogP contribution is 2.20. The van der Waals surface area contributed by atoms with Crippen molar-refractivity contribution in [1.82, 2.24) is 0 Å². The molecular formula is C11H17NO. The lowest BCUT2D eigenvalue weighted by atomic mass is 10.1. The average Bonchev–Trinajstić information content (AvgIpc) is 2.18. The van der Waals surface area contributed by atoms with Gasteiger partial charge in [-0.2, -0.15) is 0 Å². The minimum absolute atomic E-state index is 0.573. The van der Waals surface area contributed by atoms with Crippen LogP contribution < -0.4 is 10.5 Å². The van der Waals surface area contributed by atoms with Gasteiger partial charge >= 0.3 is 0 Å². The van der Waals surface area contributed by atoms with E-state index in [0.29, 0.717) is 13.2 Å². The Morgan fingerprint density at radius 2 is 2.08 bits per heavy atom. The molecule has 0 atom stereocenters. The standard InChI is InChI=1S/C11H17NO/c1-3-10-6-5-9(8-12)7-11(10)13-4-2/h5-7H,3-4,8,12H2,1-2H3. The molecule has 0 heterocycles. The minimum atomic E-state index is 0.573. The summed E-state index contributed by atoms with van der Waals surface area (Å²) >= 11 is 0. The molecule has 0 fully saturated rings. The fourth-order valence-corrected chi connectivity index (χ4v) is 1.31. The SMILES string of the molecule is CCOc1cc(CN)ccc1CC. The second-order valence-electron chi connectivity index (χ2n) is 2.93. The van der Waals surface area contributed by atoms with Gasteiger partial charge in [0.15, 0.2) is 0 Å². The van der Waals surface area contributed by atoms with Gasteiger partial charge in [0.2, 0.25) is 0 Å². The summed E-state index contributed by atoms with van der Waals surface area (Å²) in [7, 11) is 0. The summed E-state index contributed by atoms with van der Waals surface area (Å²) in [6.45, 7) is 5.40. The van der Waals surface area contributed by atoms with E-state index in [9.17, 15) is 0 Å². The molecule has 0 bridgehead atoms. The number of hydrogen-bond donors (Lipinski definition) is 1. The van der Waals surface area contributed by atoms with Crippen molar-refractivity contribution < 1.29 is 4.74 Å². The van der Waals surface area contributed by atoms with E-state index in [4.69, 9.17) is 10.5 Å². The number of benzene rings is 1. The van der Waals surface area contributed by atoms with Gasteiger partial charge in [-0.1, -0.05) is 19.1 Å². The van der Waals surface area contributed by atoms with Gasteiger partial charge in [0.05, 0.1) is 6.61 Å². The molecule has 1 rings (SSSR count). The Morgan fingerprint density at radius 3 is 2.62 bits per heavy atom. The van der Waals surface area contributed by atoms with Gasteiger partial charge in [0.25, 0.3) is 0 Å². The highest BCUT2D eigenvalue weighted by Gasteiger charge is 2.01. The summed E-state index contributed by atoms with van der Waals surface area (Å²) in [4.78, 5) is 0. The quantitative estimate of drug-likeness (QED) is 0.768. The molecule has 1 aromatic rings. The van der Waals surface area contributed by atoms with Crippen LogP contribution in [0.1, 0.15) is 25.0 Å². The van der Waals surface area contributed by atoms with Crippen LogP contribution in [0.25, 0.3) is 0 Å². The predicted octanol–water partition coefficient (Wildman–Crippen LogP) is 2.11. The molecule has 72 valence electrons. The third-order valence-electron chi connectivity index (χ3n) is 2.05. The van der Waals surface area contributed by atoms with E-state index < -0.39 is 0 Å². The third-order valence-corrected chi connectivity index (χ3v) is 2.05. The lowest BCUT2D eigenvalue weighted by molar-refractivity contribution is 0.336. The highest BCUT2D eigenvalue weighted by atomic mass is 16.5. The van der Waals surface area contributed by atoms with Gasteiger partial charge < -0.3 is 10.5 Å². The van der Waals surface area contributed by atoms with Crippen molar-refractivity contribution in [3.63, 3.8) is 0 Å². The van der Waals surface area contributed by atoms with E-state index >= 15 is 0 Å². The van der Waals surface area contributed by atoms with E-state index in [2.05, 4.69) is 19.1 Å². The van der Waals surface area contributed by atoms with Crippen LogP contribution in [0.15, 0.2) is 18.2 Å². The van der Waals surface area contributed by atoms with Crippen LogP contribution in [-0.4, -0.2) is 6.61 Å². The third kappa shape index (κ3) is 2.46. The summed E-state index contributed by atoms with van der Waals surface area (Å²) in [6, 6.07) is 6.18. The molecule has 13 heavy (non-hydrogen) atoms. The number of rotatable bonds is 4. The van der Waals surface area contributed by atoms with Gasteiger partial charge in [-0.15, -0.1) is 0 Å². The highest BCUT2D eigenvalue weighted by molar-refractivity contribution is 5.37. The van der Waals surface area contributed by atoms with E-state index in [0.717, 1.165) is 17.7 Å². The lowest BCUT2D eigenvalue weighted by Gasteiger charge is -2.09. The van der Waals surface area contributed by atoms with Gasteiger partial charge in [0.1, 0.15) is 5.75 Å². The van der Waals surface area contributed by atoms with Crippen molar-refractivity contribution in [2.24, 2.45) is 5.73 Å². The van der Waals surface area contributed by atoms with Crippen LogP contribution in [0.5, 0.6) is 5.75 Å². The van der Waals surface area contributed by atoms with Crippen LogP contribution in [0.4, 0.5) is 0 Å². The molecule has 0 amide bonds. The maximum absolute atomic E-state index is 5.55. The van der Waals surface area contributed by atoms with Crippen molar-refractivity contribution in [1.29, 1.82) is 0 Å². The summed E-state index contributed by atoms with van der Waals surface area (Å²) in [5, 5.41) is 0. The molecule has 0 saturated carbocycles. The van der Waals surface area contributed by atoms with Crippen molar-refractivity contribution in [3.05, 3.63) is 29.3 Å². The molecule has 0 unspecified atom stereocenters. The Bertz CT molecular complexity index is 271. The zero-order valence-corrected chi connectivity index (χ0v) is 8.34. The summed E-state index contributed by atoms with van der Waals surface area (Å²) in [6.07, 6.45) is 1.00. The second-order valence-corrected chi connectivity index (χ2v) is 2.93. The number of nitrogens with two attached hydrogens (primary N) is 1. The van der Waals surface area contributed by atoms with Crippen LogP contribution in [0, 0.1) is 0 Å². The first-order valence-electron chi connectivity index (χ1n) is 4.76. The van der Waals surface area contributed by atoms with E-state index in [1.54, 1.807) is 0 Å². The first-order chi connectivity index (χ1) is 6.31. The summed E-state index contributed by atoms with van der Waals surface area (Å²) in [5.41, 5.74) is 7.93. The Kier molecular flexibility index (Phi) is 3.77. The second kappa shape index (κ2) is 4.87. The molecule has 2 nitrogen and oxygen atoms in total. The van der Waals surface area contributed by atoms with Crippen molar-refractivity contribution >= 4 is 0 Å². The Labute approximate surface area is 79.7 Å². The van der Waals surface area contributed by atoms with Crippen LogP contribution in [0.3, 0.4) is 0 Å². The molecule has 0 aliphatic carbocycles. The lowest BCUT2D eigenvalue weighted by Crippen LogP contribution is -2.00. The van der Waals surface area contributed by atoms with Gasteiger partial charge in [-0.3, -0.25) is 0 Å². The maximum Gasteiger partial charge on any atom is 0.122 e. The van der Waals surface area contributed by atoms with Gasteiger partial charge in [0, 0.05) is 6.54 Å². The topological polar surface area (TPSA) is 35.2 Å². The summed E-state index contributed by atoms with van der Waals surface area (Å²) in [5.74, 6) is 0.980. The molecule has 0 spiro atoms. The largest absolute Gasteiger partial charge is 0.494 e. The molecular weight excluding hydrogens is 162 g/mol. The minimum Gasteiger partial charge on any atom is -0.494 e. The van der Waals surface area contributed by atoms with Crippen molar-refractivity contribution in [3.8, 4) is 5.75 Å². The van der Waals surface area contributed by atoms with Crippen LogP contribution in [0.2, 0.25) is 0 Å². The molecule has 0 aromatic heterocycles. The van der Waals surface area contributed by atoms with E-state index in [-0.39, 0.29) is 0 Å². The maximum atomic E-state index is 5.55. The van der Waals surface area contributed by atoms with Crippen LogP contribution >= 0.6 is 0 Å². The summed E-state index contributed by atoms with van der Waals surface area (Å²) < 4.78 is 5.51. The Morgan fingerprint density at radius 1 is 1.31 bits per heavy atom. The van der Waals surface area contributed by atoms with Crippen molar-refractivity contribution in [2.75, 3.05) is 6.61 Å². The van der Waals surface area contributed by atoms with Crippen molar-refractivity contribution in [2.45, 2.75) is 26.8 Å². The fraction of sp³-hybridized carbons (Fsp3) is 0.455. The molecule has 0 radical (unpaired) electrons. The van der Waals surface area contributed by atoms with Gasteiger partial charge in [-0.25, -0.2) is 0 Å². The monoisotopic (exact) mass is 179 g/mol. The van der Waals surface area contributed by atoms with E-state index in [1.807, 2.05) is 13.0 Å². The zero-order chi connectivity index (χ0) is 9.68. The molecule has 0 aliphatic heterocycles. The first kappa shape index (κ1) is 10.1. The normalized spacial score (nSPS) is 10.1. The average molecular weight is 179 g/mol. The molecule has 1 aromatic carbocycles. The zero-order valence-electron chi connectivity index (χ0n) is 8.34. The predicted molar refractivity (Wildman–Crippen MR) is 54.9 cm³/mol. The Balaban J connectivity index is 2.95. The molecule has 2 N–H and O–H groups in total. The van der Waals surface area contributed by atoms with Crippen LogP contribution in [-0.2, 0) is 13.0 Å². The first-order valence-corrected chi connectivity index (χ1v) is 4.76.